The van der Waals surface area contributed by atoms with Crippen LogP contribution in [0.4, 0.5) is 4.79 Å². The molecule has 1 rings (SSSR count). The first-order valence-electron chi connectivity index (χ1n) is 8.54. The molecule has 27 heavy (non-hydrogen) atoms. The smallest absolute Gasteiger partial charge is 0.407 e. The molecule has 0 aliphatic carbocycles. The van der Waals surface area contributed by atoms with Gasteiger partial charge in [-0.1, -0.05) is 29.3 Å². The molecule has 1 aromatic carbocycles. The van der Waals surface area contributed by atoms with Gasteiger partial charge in [-0.2, -0.15) is 8.42 Å². The molecule has 1 amide bonds. The van der Waals surface area contributed by atoms with E-state index in [1.165, 1.54) is 18.2 Å². The third kappa shape index (κ3) is 8.55. The van der Waals surface area contributed by atoms with Crippen molar-refractivity contribution in [2.45, 2.75) is 57.6 Å². The van der Waals surface area contributed by atoms with E-state index in [4.69, 9.17) is 8.92 Å². The fraction of sp³-hybridized carbons (Fsp3) is 0.526. The molecule has 1 aromatic rings. The van der Waals surface area contributed by atoms with Gasteiger partial charge in [-0.05, 0) is 53.7 Å². The summed E-state index contributed by atoms with van der Waals surface area (Å²) in [6.07, 6.45) is 0.721. The molecule has 152 valence electrons. The number of aliphatic hydroxyl groups is 1. The highest BCUT2D eigenvalue weighted by Crippen LogP contribution is 2.18. The number of carbonyl (C=O) groups is 1. The number of benzene rings is 1. The average Bonchev–Trinajstić information content (AvgIpc) is 2.50. The van der Waals surface area contributed by atoms with Crippen LogP contribution >= 0.6 is 0 Å². The lowest BCUT2D eigenvalue weighted by molar-refractivity contribution is 0.0252. The molecule has 7 nitrogen and oxygen atoms in total. The number of allylic oxidation sites excluding steroid dienone is 1. The minimum absolute atomic E-state index is 0.00671. The number of carbonyl (C=O) groups excluding carboxylic acids is 1. The van der Waals surface area contributed by atoms with Crippen molar-refractivity contribution in [1.29, 1.82) is 0 Å². The summed E-state index contributed by atoms with van der Waals surface area (Å²) in [5.74, 6) is 0. The van der Waals surface area contributed by atoms with Crippen LogP contribution in [0.5, 0.6) is 0 Å². The van der Waals surface area contributed by atoms with Crippen molar-refractivity contribution in [3.63, 3.8) is 0 Å². The van der Waals surface area contributed by atoms with Gasteiger partial charge in [-0.25, -0.2) is 4.79 Å². The number of alkyl carbamates (subject to hydrolysis) is 1. The number of amides is 1. The summed E-state index contributed by atoms with van der Waals surface area (Å²) in [6, 6.07) is 6.18. The molecule has 0 saturated heterocycles. The first-order valence-corrected chi connectivity index (χ1v) is 9.95. The van der Waals surface area contributed by atoms with E-state index in [2.05, 4.69) is 5.32 Å². The van der Waals surface area contributed by atoms with Gasteiger partial charge in [-0.15, -0.1) is 0 Å². The van der Waals surface area contributed by atoms with Gasteiger partial charge in [0.25, 0.3) is 10.1 Å². The van der Waals surface area contributed by atoms with Crippen LogP contribution in [0.15, 0.2) is 40.8 Å². The molecule has 0 aromatic heterocycles. The zero-order valence-electron chi connectivity index (χ0n) is 16.7. The Bertz CT molecular complexity index is 773. The van der Waals surface area contributed by atoms with Crippen molar-refractivity contribution in [3.05, 3.63) is 41.5 Å². The van der Waals surface area contributed by atoms with Crippen molar-refractivity contribution in [3.8, 4) is 0 Å². The molecule has 1 unspecified atom stereocenters. The van der Waals surface area contributed by atoms with Crippen molar-refractivity contribution in [2.24, 2.45) is 0 Å². The highest BCUT2D eigenvalue weighted by molar-refractivity contribution is 7.86. The van der Waals surface area contributed by atoms with Gasteiger partial charge >= 0.3 is 6.09 Å². The highest BCUT2D eigenvalue weighted by Gasteiger charge is 2.30. The number of ether oxygens (including phenoxy) is 1. The third-order valence-corrected chi connectivity index (χ3v) is 4.55. The van der Waals surface area contributed by atoms with Gasteiger partial charge in [0.1, 0.15) is 17.8 Å². The summed E-state index contributed by atoms with van der Waals surface area (Å²) >= 11 is 0. The lowest BCUT2D eigenvalue weighted by Gasteiger charge is -2.26. The van der Waals surface area contributed by atoms with Crippen LogP contribution in [0, 0.1) is 6.92 Å². The standard InChI is InChI=1S/C19H29NO6S/c1-14(2)11-19(22,12-20-17(21)26-18(4,5)6)13-25-27(23,24)16-9-7-15(3)8-10-16/h7-11,22H,12-13H2,1-6H3,(H,20,21). The number of hydrogen-bond acceptors (Lipinski definition) is 6. The van der Waals surface area contributed by atoms with Gasteiger partial charge in [0.2, 0.25) is 0 Å². The fourth-order valence-electron chi connectivity index (χ4n) is 2.17. The SMILES string of the molecule is CC(C)=CC(O)(CNC(=O)OC(C)(C)C)COS(=O)(=O)c1ccc(C)cc1. The van der Waals surface area contributed by atoms with E-state index in [0.717, 1.165) is 11.1 Å². The molecule has 8 heteroatoms. The van der Waals surface area contributed by atoms with E-state index in [-0.39, 0.29) is 11.4 Å². The zero-order chi connectivity index (χ0) is 20.9. The van der Waals surface area contributed by atoms with E-state index >= 15 is 0 Å². The molecule has 2 N–H and O–H groups in total. The first kappa shape index (κ1) is 23.1. The third-order valence-electron chi connectivity index (χ3n) is 3.27. The average molecular weight is 400 g/mol. The summed E-state index contributed by atoms with van der Waals surface area (Å²) < 4.78 is 34.8. The number of hydrogen-bond donors (Lipinski definition) is 2. The number of aryl methyl sites for hydroxylation is 1. The summed E-state index contributed by atoms with van der Waals surface area (Å²) in [7, 11) is -4.05. The Balaban J connectivity index is 2.86. The van der Waals surface area contributed by atoms with E-state index in [0.29, 0.717) is 0 Å². The Morgan fingerprint density at radius 1 is 1.19 bits per heavy atom. The Morgan fingerprint density at radius 3 is 2.22 bits per heavy atom. The van der Waals surface area contributed by atoms with Crippen LogP contribution in [-0.2, 0) is 19.0 Å². The number of nitrogens with one attached hydrogen (secondary N) is 1. The first-order chi connectivity index (χ1) is 12.2. The molecular formula is C19H29NO6S. The Kier molecular flexibility index (Phi) is 7.59. The molecule has 0 bridgehead atoms. The molecule has 1 atom stereocenters. The number of rotatable bonds is 7. The minimum Gasteiger partial charge on any atom is -0.444 e. The van der Waals surface area contributed by atoms with E-state index in [1.807, 2.05) is 6.92 Å². The lowest BCUT2D eigenvalue weighted by atomic mass is 10.0. The minimum atomic E-state index is -4.05. The molecule has 0 heterocycles. The van der Waals surface area contributed by atoms with Gasteiger partial charge in [0.05, 0.1) is 11.4 Å². The van der Waals surface area contributed by atoms with Gasteiger partial charge in [0.15, 0.2) is 0 Å². The molecule has 0 aliphatic heterocycles. The molecule has 0 spiro atoms. The zero-order valence-corrected chi connectivity index (χ0v) is 17.5. The van der Waals surface area contributed by atoms with Crippen LogP contribution in [0.25, 0.3) is 0 Å². The monoisotopic (exact) mass is 399 g/mol. The van der Waals surface area contributed by atoms with Gasteiger partial charge < -0.3 is 15.2 Å². The Morgan fingerprint density at radius 2 is 1.74 bits per heavy atom. The van der Waals surface area contributed by atoms with Crippen LogP contribution in [0.3, 0.4) is 0 Å². The van der Waals surface area contributed by atoms with E-state index < -0.39 is 34.0 Å². The topological polar surface area (TPSA) is 102 Å². The maximum Gasteiger partial charge on any atom is 0.407 e. The van der Waals surface area contributed by atoms with E-state index in [9.17, 15) is 18.3 Å². The molecule has 0 aliphatic rings. The van der Waals surface area contributed by atoms with Gasteiger partial charge in [-0.3, -0.25) is 4.18 Å². The summed E-state index contributed by atoms with van der Waals surface area (Å²) in [5.41, 5.74) is -0.756. The molecular weight excluding hydrogens is 370 g/mol. The predicted molar refractivity (Wildman–Crippen MR) is 103 cm³/mol. The predicted octanol–water partition coefficient (Wildman–Crippen LogP) is 2.92. The second kappa shape index (κ2) is 8.86. The highest BCUT2D eigenvalue weighted by atomic mass is 32.2. The second-order valence-electron chi connectivity index (χ2n) is 7.71. The Labute approximate surface area is 161 Å². The normalized spacial score (nSPS) is 14.2. The van der Waals surface area contributed by atoms with Crippen molar-refractivity contribution >= 4 is 16.2 Å². The van der Waals surface area contributed by atoms with Crippen molar-refractivity contribution in [1.82, 2.24) is 5.32 Å². The fourth-order valence-corrected chi connectivity index (χ4v) is 3.14. The van der Waals surface area contributed by atoms with Crippen molar-refractivity contribution in [2.75, 3.05) is 13.2 Å². The van der Waals surface area contributed by atoms with Crippen LogP contribution in [-0.4, -0.2) is 44.0 Å². The molecule has 0 saturated carbocycles. The molecule has 0 radical (unpaired) electrons. The van der Waals surface area contributed by atoms with Crippen LogP contribution < -0.4 is 5.32 Å². The summed E-state index contributed by atoms with van der Waals surface area (Å²) in [6.45, 7) is 9.65. The molecule has 0 fully saturated rings. The summed E-state index contributed by atoms with van der Waals surface area (Å²) in [5, 5.41) is 13.2. The maximum atomic E-state index is 12.3. The lowest BCUT2D eigenvalue weighted by Crippen LogP contribution is -2.46. The largest absolute Gasteiger partial charge is 0.444 e. The van der Waals surface area contributed by atoms with Gasteiger partial charge in [0, 0.05) is 0 Å². The second-order valence-corrected chi connectivity index (χ2v) is 9.33. The summed E-state index contributed by atoms with van der Waals surface area (Å²) in [4.78, 5) is 11.8. The van der Waals surface area contributed by atoms with Crippen LogP contribution in [0.2, 0.25) is 0 Å². The van der Waals surface area contributed by atoms with Crippen molar-refractivity contribution < 1.29 is 27.2 Å². The van der Waals surface area contributed by atoms with Crippen LogP contribution in [0.1, 0.15) is 40.2 Å². The maximum absolute atomic E-state index is 12.3. The Hall–Kier alpha value is -1.90. The van der Waals surface area contributed by atoms with E-state index in [1.54, 1.807) is 46.8 Å². The quantitative estimate of drug-likeness (QED) is 0.540.